The van der Waals surface area contributed by atoms with Gasteiger partial charge in [-0.25, -0.2) is 0 Å². The van der Waals surface area contributed by atoms with Gasteiger partial charge in [-0.3, -0.25) is 4.79 Å². The van der Waals surface area contributed by atoms with Crippen LogP contribution in [0.3, 0.4) is 0 Å². The van der Waals surface area contributed by atoms with E-state index in [1.54, 1.807) is 7.05 Å². The van der Waals surface area contributed by atoms with Gasteiger partial charge < -0.3 is 15.1 Å². The fourth-order valence-electron chi connectivity index (χ4n) is 1.98. The number of aryl methyl sites for hydroxylation is 1. The Hall–Kier alpha value is -2.49. The first-order valence-electron chi connectivity index (χ1n) is 6.41. The molecule has 2 N–H and O–H groups in total. The molecule has 20 heavy (non-hydrogen) atoms. The van der Waals surface area contributed by atoms with Crippen LogP contribution in [0.4, 0.5) is 5.69 Å². The molecule has 0 aliphatic carbocycles. The lowest BCUT2D eigenvalue weighted by Gasteiger charge is -2.18. The molecule has 0 aliphatic rings. The summed E-state index contributed by atoms with van der Waals surface area (Å²) in [6, 6.07) is 11.5. The number of nitrogens with zero attached hydrogens (tertiary/aromatic N) is 1. The molecule has 0 saturated heterocycles. The Bertz CT molecular complexity index is 600. The van der Waals surface area contributed by atoms with E-state index in [1.165, 1.54) is 28.7 Å². The molecule has 2 aromatic rings. The van der Waals surface area contributed by atoms with Gasteiger partial charge in [0.05, 0.1) is 0 Å². The zero-order valence-electron chi connectivity index (χ0n) is 11.5. The van der Waals surface area contributed by atoms with Crippen LogP contribution in [0.25, 0.3) is 0 Å². The number of carbonyl (C=O) groups is 1. The molecule has 0 radical (unpaired) electrons. The maximum absolute atomic E-state index is 12.3. The zero-order valence-corrected chi connectivity index (χ0v) is 11.5. The third-order valence-corrected chi connectivity index (χ3v) is 3.19. The van der Waals surface area contributed by atoms with E-state index in [-0.39, 0.29) is 23.0 Å². The minimum absolute atomic E-state index is 0.136. The van der Waals surface area contributed by atoms with Gasteiger partial charge in [-0.05, 0) is 36.2 Å². The topological polar surface area (TPSA) is 60.8 Å². The molecule has 0 bridgehead atoms. The molecule has 1 amide bonds. The first-order chi connectivity index (χ1) is 9.51. The average Bonchev–Trinajstić information content (AvgIpc) is 2.45. The zero-order chi connectivity index (χ0) is 14.7. The molecule has 0 aliphatic heterocycles. The van der Waals surface area contributed by atoms with Crippen molar-refractivity contribution >= 4 is 11.6 Å². The largest absolute Gasteiger partial charge is 0.508 e. The van der Waals surface area contributed by atoms with Crippen molar-refractivity contribution in [2.24, 2.45) is 0 Å². The SMILES string of the molecule is CCc1ccc(N(C)C(=O)c2cc(O)cc(O)c2)cc1. The number of phenols is 2. The highest BCUT2D eigenvalue weighted by Gasteiger charge is 2.15. The van der Waals surface area contributed by atoms with Gasteiger partial charge >= 0.3 is 0 Å². The molecule has 2 aromatic carbocycles. The Morgan fingerprint density at radius 3 is 2.10 bits per heavy atom. The summed E-state index contributed by atoms with van der Waals surface area (Å²) in [5.41, 5.74) is 2.20. The molecular weight excluding hydrogens is 254 g/mol. The number of phenolic OH excluding ortho intramolecular Hbond substituents is 2. The number of benzene rings is 2. The monoisotopic (exact) mass is 271 g/mol. The maximum atomic E-state index is 12.3. The van der Waals surface area contributed by atoms with Crippen LogP contribution >= 0.6 is 0 Å². The number of aromatic hydroxyl groups is 2. The predicted octanol–water partition coefficient (Wildman–Crippen LogP) is 2.94. The van der Waals surface area contributed by atoms with Gasteiger partial charge in [0.15, 0.2) is 0 Å². The summed E-state index contributed by atoms with van der Waals surface area (Å²) in [6.07, 6.45) is 0.943. The van der Waals surface area contributed by atoms with Crippen molar-refractivity contribution in [1.82, 2.24) is 0 Å². The third-order valence-electron chi connectivity index (χ3n) is 3.19. The Balaban J connectivity index is 2.27. The van der Waals surface area contributed by atoms with Crippen molar-refractivity contribution < 1.29 is 15.0 Å². The van der Waals surface area contributed by atoms with Crippen LogP contribution in [0, 0.1) is 0 Å². The molecule has 0 heterocycles. The van der Waals surface area contributed by atoms with Crippen LogP contribution in [0.5, 0.6) is 11.5 Å². The van der Waals surface area contributed by atoms with Gasteiger partial charge in [0.25, 0.3) is 5.91 Å². The highest BCUT2D eigenvalue weighted by Crippen LogP contribution is 2.23. The quantitative estimate of drug-likeness (QED) is 0.902. The van der Waals surface area contributed by atoms with E-state index in [0.717, 1.165) is 12.1 Å². The van der Waals surface area contributed by atoms with Gasteiger partial charge in [-0.2, -0.15) is 0 Å². The van der Waals surface area contributed by atoms with Crippen molar-refractivity contribution in [3.8, 4) is 11.5 Å². The van der Waals surface area contributed by atoms with Crippen LogP contribution in [0.15, 0.2) is 42.5 Å². The predicted molar refractivity (Wildman–Crippen MR) is 78.3 cm³/mol. The molecule has 0 fully saturated rings. The molecule has 4 nitrogen and oxygen atoms in total. The third kappa shape index (κ3) is 2.91. The summed E-state index contributed by atoms with van der Waals surface area (Å²) >= 11 is 0. The minimum Gasteiger partial charge on any atom is -0.508 e. The molecular formula is C16H17NO3. The van der Waals surface area contributed by atoms with Crippen LogP contribution in [0.2, 0.25) is 0 Å². The summed E-state index contributed by atoms with van der Waals surface area (Å²) in [6.45, 7) is 2.07. The molecule has 2 rings (SSSR count). The van der Waals surface area contributed by atoms with Crippen LogP contribution in [-0.2, 0) is 6.42 Å². The van der Waals surface area contributed by atoms with Crippen molar-refractivity contribution in [2.45, 2.75) is 13.3 Å². The summed E-state index contributed by atoms with van der Waals surface area (Å²) < 4.78 is 0. The molecule has 0 unspecified atom stereocenters. The highest BCUT2D eigenvalue weighted by molar-refractivity contribution is 6.06. The standard InChI is InChI=1S/C16H17NO3/c1-3-11-4-6-13(7-5-11)17(2)16(20)12-8-14(18)10-15(19)9-12/h4-10,18-19H,3H2,1-2H3. The lowest BCUT2D eigenvalue weighted by molar-refractivity contribution is 0.0992. The number of hydrogen-bond donors (Lipinski definition) is 2. The Kier molecular flexibility index (Phi) is 3.94. The number of anilines is 1. The molecule has 104 valence electrons. The summed E-state index contributed by atoms with van der Waals surface area (Å²) in [4.78, 5) is 13.8. The lowest BCUT2D eigenvalue weighted by atomic mass is 10.1. The second kappa shape index (κ2) is 5.65. The van der Waals surface area contributed by atoms with Crippen molar-refractivity contribution in [3.63, 3.8) is 0 Å². The van der Waals surface area contributed by atoms with E-state index in [4.69, 9.17) is 0 Å². The normalized spacial score (nSPS) is 10.3. The fourth-order valence-corrected chi connectivity index (χ4v) is 1.98. The molecule has 4 heteroatoms. The number of hydrogen-bond acceptors (Lipinski definition) is 3. The van der Waals surface area contributed by atoms with E-state index < -0.39 is 0 Å². The van der Waals surface area contributed by atoms with E-state index >= 15 is 0 Å². The van der Waals surface area contributed by atoms with E-state index in [2.05, 4.69) is 6.92 Å². The van der Waals surface area contributed by atoms with Crippen LogP contribution in [-0.4, -0.2) is 23.2 Å². The van der Waals surface area contributed by atoms with Gasteiger partial charge in [0, 0.05) is 24.4 Å². The van der Waals surface area contributed by atoms with Gasteiger partial charge in [-0.1, -0.05) is 19.1 Å². The summed E-state index contributed by atoms with van der Waals surface area (Å²) in [7, 11) is 1.66. The van der Waals surface area contributed by atoms with Gasteiger partial charge in [-0.15, -0.1) is 0 Å². The summed E-state index contributed by atoms with van der Waals surface area (Å²) in [5, 5.41) is 18.9. The lowest BCUT2D eigenvalue weighted by Crippen LogP contribution is -2.26. The van der Waals surface area contributed by atoms with E-state index in [9.17, 15) is 15.0 Å². The second-order valence-corrected chi connectivity index (χ2v) is 4.62. The smallest absolute Gasteiger partial charge is 0.258 e. The fraction of sp³-hybridized carbons (Fsp3) is 0.188. The highest BCUT2D eigenvalue weighted by atomic mass is 16.3. The molecule has 0 atom stereocenters. The number of amides is 1. The second-order valence-electron chi connectivity index (χ2n) is 4.62. The van der Waals surface area contributed by atoms with Crippen molar-refractivity contribution in [1.29, 1.82) is 0 Å². The first kappa shape index (κ1) is 13.9. The number of rotatable bonds is 3. The Morgan fingerprint density at radius 2 is 1.60 bits per heavy atom. The molecule has 0 aromatic heterocycles. The molecule has 0 spiro atoms. The summed E-state index contributed by atoms with van der Waals surface area (Å²) in [5.74, 6) is -0.563. The number of carbonyl (C=O) groups excluding carboxylic acids is 1. The van der Waals surface area contributed by atoms with Crippen LogP contribution < -0.4 is 4.90 Å². The van der Waals surface area contributed by atoms with Crippen LogP contribution in [0.1, 0.15) is 22.8 Å². The minimum atomic E-state index is -0.291. The van der Waals surface area contributed by atoms with Crippen molar-refractivity contribution in [2.75, 3.05) is 11.9 Å². The molecule has 0 saturated carbocycles. The maximum Gasteiger partial charge on any atom is 0.258 e. The van der Waals surface area contributed by atoms with Crippen molar-refractivity contribution in [3.05, 3.63) is 53.6 Å². The van der Waals surface area contributed by atoms with E-state index in [1.807, 2.05) is 24.3 Å². The Morgan fingerprint density at radius 1 is 1.05 bits per heavy atom. The van der Waals surface area contributed by atoms with E-state index in [0.29, 0.717) is 0 Å². The van der Waals surface area contributed by atoms with Gasteiger partial charge in [0.2, 0.25) is 0 Å². The Labute approximate surface area is 117 Å². The van der Waals surface area contributed by atoms with Gasteiger partial charge in [0.1, 0.15) is 11.5 Å². The average molecular weight is 271 g/mol. The first-order valence-corrected chi connectivity index (χ1v) is 6.41.